The molecule has 0 unspecified atom stereocenters. The second-order valence-corrected chi connectivity index (χ2v) is 3.08. The van der Waals surface area contributed by atoms with Gasteiger partial charge in [-0.05, 0) is 19.1 Å². The van der Waals surface area contributed by atoms with Crippen LogP contribution in [0.4, 0.5) is 5.69 Å². The van der Waals surface area contributed by atoms with Crippen molar-refractivity contribution in [1.29, 1.82) is 0 Å². The monoisotopic (exact) mass is 202 g/mol. The Morgan fingerprint density at radius 1 is 1.40 bits per heavy atom. The Hall–Kier alpha value is -2.17. The number of amides is 1. The highest BCUT2D eigenvalue weighted by Crippen LogP contribution is 2.07. The van der Waals surface area contributed by atoms with Crippen LogP contribution < -0.4 is 5.32 Å². The largest absolute Gasteiger partial charge is 0.341 e. The van der Waals surface area contributed by atoms with Crippen LogP contribution in [0.1, 0.15) is 16.3 Å². The molecule has 5 heteroatoms. The summed E-state index contributed by atoms with van der Waals surface area (Å²) in [5.74, 6) is 0.0371. The third kappa shape index (κ3) is 2.19. The lowest BCUT2D eigenvalue weighted by Gasteiger charge is -2.02. The number of anilines is 1. The van der Waals surface area contributed by atoms with Crippen molar-refractivity contribution in [1.82, 2.24) is 15.0 Å². The topological polar surface area (TPSA) is 70.7 Å². The van der Waals surface area contributed by atoms with Crippen LogP contribution in [0.25, 0.3) is 0 Å². The lowest BCUT2D eigenvalue weighted by molar-refractivity contribution is 0.101. The van der Waals surface area contributed by atoms with Crippen molar-refractivity contribution < 1.29 is 4.79 Å². The van der Waals surface area contributed by atoms with Crippen molar-refractivity contribution in [2.75, 3.05) is 5.32 Å². The fourth-order valence-corrected chi connectivity index (χ4v) is 1.20. The molecule has 5 nitrogen and oxygen atoms in total. The van der Waals surface area contributed by atoms with Crippen molar-refractivity contribution in [3.05, 3.63) is 42.2 Å². The lowest BCUT2D eigenvalue weighted by atomic mass is 10.3. The summed E-state index contributed by atoms with van der Waals surface area (Å²) in [6.45, 7) is 1.86. The van der Waals surface area contributed by atoms with Crippen LogP contribution >= 0.6 is 0 Å². The van der Waals surface area contributed by atoms with Crippen molar-refractivity contribution in [2.45, 2.75) is 6.92 Å². The summed E-state index contributed by atoms with van der Waals surface area (Å²) < 4.78 is 0. The molecule has 2 aromatic rings. The van der Waals surface area contributed by atoms with E-state index in [0.717, 1.165) is 5.69 Å². The summed E-state index contributed by atoms with van der Waals surface area (Å²) in [4.78, 5) is 22.2. The third-order valence-electron chi connectivity index (χ3n) is 1.87. The van der Waals surface area contributed by atoms with E-state index >= 15 is 0 Å². The predicted molar refractivity (Wildman–Crippen MR) is 55.5 cm³/mol. The second-order valence-electron chi connectivity index (χ2n) is 3.08. The molecule has 2 N–H and O–H groups in total. The van der Waals surface area contributed by atoms with Gasteiger partial charge < -0.3 is 10.3 Å². The highest BCUT2D eigenvalue weighted by molar-refractivity contribution is 6.01. The van der Waals surface area contributed by atoms with E-state index in [1.165, 1.54) is 6.20 Å². The molecule has 2 rings (SSSR count). The molecular weight excluding hydrogens is 192 g/mol. The Kier molecular flexibility index (Phi) is 2.45. The molecular formula is C10H10N4O. The van der Waals surface area contributed by atoms with Crippen LogP contribution in [0.15, 0.2) is 30.7 Å². The number of hydrogen-bond acceptors (Lipinski definition) is 3. The zero-order chi connectivity index (χ0) is 10.7. The van der Waals surface area contributed by atoms with Crippen LogP contribution in [-0.4, -0.2) is 20.9 Å². The van der Waals surface area contributed by atoms with E-state index < -0.39 is 0 Å². The number of rotatable bonds is 2. The van der Waals surface area contributed by atoms with Crippen molar-refractivity contribution in [2.24, 2.45) is 0 Å². The highest BCUT2D eigenvalue weighted by Gasteiger charge is 2.07. The Morgan fingerprint density at radius 3 is 2.93 bits per heavy atom. The minimum absolute atomic E-state index is 0.259. The van der Waals surface area contributed by atoms with Gasteiger partial charge >= 0.3 is 0 Å². The van der Waals surface area contributed by atoms with Gasteiger partial charge in [0.25, 0.3) is 5.91 Å². The average Bonchev–Trinajstić information content (AvgIpc) is 2.70. The fraction of sp³-hybridized carbons (Fsp3) is 0.100. The van der Waals surface area contributed by atoms with E-state index in [1.54, 1.807) is 24.5 Å². The molecule has 0 fully saturated rings. The fourth-order valence-electron chi connectivity index (χ4n) is 1.20. The number of imidazole rings is 1. The van der Waals surface area contributed by atoms with E-state index in [4.69, 9.17) is 0 Å². The molecule has 0 atom stereocenters. The number of nitrogens with zero attached hydrogens (tertiary/aromatic N) is 2. The van der Waals surface area contributed by atoms with Gasteiger partial charge in [0.2, 0.25) is 0 Å². The van der Waals surface area contributed by atoms with Crippen LogP contribution in [0, 0.1) is 6.92 Å². The normalized spacial score (nSPS) is 9.93. The number of carbonyl (C=O) groups is 1. The molecule has 1 amide bonds. The van der Waals surface area contributed by atoms with Gasteiger partial charge in [-0.15, -0.1) is 0 Å². The second kappa shape index (κ2) is 3.91. The van der Waals surface area contributed by atoms with E-state index in [-0.39, 0.29) is 5.91 Å². The number of nitrogens with one attached hydrogen (secondary N) is 2. The standard InChI is InChI=1S/C10H10N4O/c1-7-6-8(2-3-11-7)14-10(15)9-12-4-5-13-9/h2-6H,1H3,(H,12,13)(H,11,14,15). The van der Waals surface area contributed by atoms with E-state index in [0.29, 0.717) is 11.5 Å². The van der Waals surface area contributed by atoms with Gasteiger partial charge in [0, 0.05) is 30.0 Å². The van der Waals surface area contributed by atoms with Gasteiger partial charge in [-0.1, -0.05) is 0 Å². The molecule has 2 aromatic heterocycles. The first kappa shape index (κ1) is 9.39. The van der Waals surface area contributed by atoms with Gasteiger partial charge in [-0.2, -0.15) is 0 Å². The molecule has 0 aliphatic carbocycles. The first-order valence-electron chi connectivity index (χ1n) is 4.49. The summed E-state index contributed by atoms with van der Waals surface area (Å²) in [5.41, 5.74) is 1.57. The van der Waals surface area contributed by atoms with E-state index in [9.17, 15) is 4.79 Å². The highest BCUT2D eigenvalue weighted by atomic mass is 16.2. The zero-order valence-electron chi connectivity index (χ0n) is 8.19. The number of aromatic amines is 1. The Labute approximate surface area is 86.6 Å². The first-order valence-corrected chi connectivity index (χ1v) is 4.49. The van der Waals surface area contributed by atoms with Gasteiger partial charge in [0.1, 0.15) is 0 Å². The molecule has 15 heavy (non-hydrogen) atoms. The van der Waals surface area contributed by atoms with Crippen LogP contribution in [0.2, 0.25) is 0 Å². The number of aryl methyl sites for hydroxylation is 1. The molecule has 76 valence electrons. The molecule has 0 spiro atoms. The average molecular weight is 202 g/mol. The first-order chi connectivity index (χ1) is 7.25. The SMILES string of the molecule is Cc1cc(NC(=O)c2ncc[nH]2)ccn1. The number of hydrogen-bond donors (Lipinski definition) is 2. The zero-order valence-corrected chi connectivity index (χ0v) is 8.19. The molecule has 0 saturated carbocycles. The summed E-state index contributed by atoms with van der Waals surface area (Å²) in [6, 6.07) is 3.52. The predicted octanol–water partition coefficient (Wildman–Crippen LogP) is 1.37. The smallest absolute Gasteiger partial charge is 0.291 e. The molecule has 0 saturated heterocycles. The summed E-state index contributed by atoms with van der Waals surface area (Å²) >= 11 is 0. The van der Waals surface area contributed by atoms with Crippen molar-refractivity contribution in [3.8, 4) is 0 Å². The summed E-state index contributed by atoms with van der Waals surface area (Å²) in [7, 11) is 0. The molecule has 2 heterocycles. The quantitative estimate of drug-likeness (QED) is 0.772. The van der Waals surface area contributed by atoms with Crippen LogP contribution in [-0.2, 0) is 0 Å². The molecule has 0 aromatic carbocycles. The Balaban J connectivity index is 2.13. The molecule has 0 aliphatic heterocycles. The minimum atomic E-state index is -0.259. The lowest BCUT2D eigenvalue weighted by Crippen LogP contribution is -2.13. The van der Waals surface area contributed by atoms with E-state index in [2.05, 4.69) is 20.3 Å². The number of H-pyrrole nitrogens is 1. The van der Waals surface area contributed by atoms with E-state index in [1.807, 2.05) is 6.92 Å². The molecule has 0 bridgehead atoms. The van der Waals surface area contributed by atoms with Gasteiger partial charge in [-0.25, -0.2) is 4.98 Å². The summed E-state index contributed by atoms with van der Waals surface area (Å²) in [5, 5.41) is 2.71. The maximum atomic E-state index is 11.6. The third-order valence-corrected chi connectivity index (χ3v) is 1.87. The summed E-state index contributed by atoms with van der Waals surface area (Å²) in [6.07, 6.45) is 4.78. The molecule has 0 radical (unpaired) electrons. The Bertz CT molecular complexity index is 464. The van der Waals surface area contributed by atoms with Crippen LogP contribution in [0.3, 0.4) is 0 Å². The number of aromatic nitrogens is 3. The Morgan fingerprint density at radius 2 is 2.27 bits per heavy atom. The minimum Gasteiger partial charge on any atom is -0.341 e. The van der Waals surface area contributed by atoms with Crippen molar-refractivity contribution >= 4 is 11.6 Å². The maximum Gasteiger partial charge on any atom is 0.291 e. The van der Waals surface area contributed by atoms with Gasteiger partial charge in [0.05, 0.1) is 0 Å². The van der Waals surface area contributed by atoms with Gasteiger partial charge in [-0.3, -0.25) is 9.78 Å². The molecule has 0 aliphatic rings. The van der Waals surface area contributed by atoms with Gasteiger partial charge in [0.15, 0.2) is 5.82 Å². The van der Waals surface area contributed by atoms with Crippen molar-refractivity contribution in [3.63, 3.8) is 0 Å². The maximum absolute atomic E-state index is 11.6. The van der Waals surface area contributed by atoms with Crippen LogP contribution in [0.5, 0.6) is 0 Å². The number of carbonyl (C=O) groups excluding carboxylic acids is 1. The number of pyridine rings is 1.